The summed E-state index contributed by atoms with van der Waals surface area (Å²) in [5.41, 5.74) is 3.26. The predicted octanol–water partition coefficient (Wildman–Crippen LogP) is 2.48. The number of ether oxygens (including phenoxy) is 1. The van der Waals surface area contributed by atoms with Gasteiger partial charge in [0.1, 0.15) is 0 Å². The Morgan fingerprint density at radius 1 is 1.50 bits per heavy atom. The van der Waals surface area contributed by atoms with Crippen molar-refractivity contribution in [1.82, 2.24) is 4.90 Å². The highest BCUT2D eigenvalue weighted by molar-refractivity contribution is 5.37. The van der Waals surface area contributed by atoms with Crippen molar-refractivity contribution >= 4 is 0 Å². The average molecular weight is 244 g/mol. The van der Waals surface area contributed by atoms with Gasteiger partial charge < -0.3 is 4.74 Å². The lowest BCUT2D eigenvalue weighted by atomic mass is 10.0. The average Bonchev–Trinajstić information content (AvgIpc) is 2.41. The van der Waals surface area contributed by atoms with Crippen molar-refractivity contribution < 1.29 is 4.74 Å². The zero-order chi connectivity index (χ0) is 13.0. The Bertz CT molecular complexity index is 450. The maximum Gasteiger partial charge on any atom is 0.0991 e. The largest absolute Gasteiger partial charge is 0.378 e. The summed E-state index contributed by atoms with van der Waals surface area (Å²) >= 11 is 0. The highest BCUT2D eigenvalue weighted by Crippen LogP contribution is 2.18. The number of aryl methyl sites for hydroxylation is 1. The van der Waals surface area contributed by atoms with E-state index >= 15 is 0 Å². The van der Waals surface area contributed by atoms with E-state index in [-0.39, 0.29) is 0 Å². The molecular weight excluding hydrogens is 224 g/mol. The number of hydrogen-bond acceptors (Lipinski definition) is 3. The van der Waals surface area contributed by atoms with E-state index in [1.165, 1.54) is 11.1 Å². The minimum atomic E-state index is 0.522. The summed E-state index contributed by atoms with van der Waals surface area (Å²) in [6, 6.07) is 8.66. The van der Waals surface area contributed by atoms with Crippen LogP contribution in [0.5, 0.6) is 0 Å². The molecular formula is C15H20N2O. The molecule has 0 saturated carbocycles. The van der Waals surface area contributed by atoms with Gasteiger partial charge in [-0.3, -0.25) is 4.90 Å². The van der Waals surface area contributed by atoms with E-state index in [2.05, 4.69) is 30.9 Å². The van der Waals surface area contributed by atoms with Gasteiger partial charge in [-0.05, 0) is 36.6 Å². The van der Waals surface area contributed by atoms with Crippen LogP contribution < -0.4 is 0 Å². The molecule has 96 valence electrons. The molecule has 1 saturated heterocycles. The Morgan fingerprint density at radius 2 is 2.33 bits per heavy atom. The fourth-order valence-electron chi connectivity index (χ4n) is 2.43. The van der Waals surface area contributed by atoms with E-state index in [0.717, 1.165) is 38.3 Å². The Kier molecular flexibility index (Phi) is 4.35. The molecule has 0 amide bonds. The SMILES string of the molecule is CCC1COCCN1Cc1ccc(C#N)cc1C. The normalized spacial score (nSPS) is 20.6. The molecule has 1 aromatic rings. The fraction of sp³-hybridized carbons (Fsp3) is 0.533. The summed E-state index contributed by atoms with van der Waals surface area (Å²) in [6.45, 7) is 7.91. The third kappa shape index (κ3) is 2.90. The third-order valence-corrected chi connectivity index (χ3v) is 3.67. The molecule has 2 rings (SSSR count). The Labute approximate surface area is 109 Å². The van der Waals surface area contributed by atoms with Crippen molar-refractivity contribution in [1.29, 1.82) is 5.26 Å². The molecule has 1 aromatic carbocycles. The Balaban J connectivity index is 2.10. The zero-order valence-corrected chi connectivity index (χ0v) is 11.1. The monoisotopic (exact) mass is 244 g/mol. The summed E-state index contributed by atoms with van der Waals surface area (Å²) in [4.78, 5) is 2.48. The van der Waals surface area contributed by atoms with Crippen LogP contribution >= 0.6 is 0 Å². The van der Waals surface area contributed by atoms with E-state index in [0.29, 0.717) is 6.04 Å². The highest BCUT2D eigenvalue weighted by atomic mass is 16.5. The number of benzene rings is 1. The number of morpholine rings is 1. The Hall–Kier alpha value is -1.37. The van der Waals surface area contributed by atoms with E-state index in [1.807, 2.05) is 12.1 Å². The van der Waals surface area contributed by atoms with Crippen LogP contribution in [0.4, 0.5) is 0 Å². The molecule has 1 aliphatic heterocycles. The highest BCUT2D eigenvalue weighted by Gasteiger charge is 2.21. The molecule has 3 heteroatoms. The van der Waals surface area contributed by atoms with Crippen LogP contribution in [0.1, 0.15) is 30.0 Å². The van der Waals surface area contributed by atoms with Gasteiger partial charge >= 0.3 is 0 Å². The van der Waals surface area contributed by atoms with Crippen molar-refractivity contribution in [3.63, 3.8) is 0 Å². The van der Waals surface area contributed by atoms with Crippen LogP contribution in [0.15, 0.2) is 18.2 Å². The molecule has 1 atom stereocenters. The van der Waals surface area contributed by atoms with Gasteiger partial charge in [0.15, 0.2) is 0 Å². The van der Waals surface area contributed by atoms with Crippen molar-refractivity contribution in [3.8, 4) is 6.07 Å². The third-order valence-electron chi connectivity index (χ3n) is 3.67. The smallest absolute Gasteiger partial charge is 0.0991 e. The molecule has 18 heavy (non-hydrogen) atoms. The molecule has 1 aliphatic rings. The van der Waals surface area contributed by atoms with Gasteiger partial charge in [-0.15, -0.1) is 0 Å². The number of rotatable bonds is 3. The summed E-state index contributed by atoms with van der Waals surface area (Å²) in [5, 5.41) is 8.88. The first-order valence-corrected chi connectivity index (χ1v) is 6.56. The van der Waals surface area contributed by atoms with Crippen molar-refractivity contribution in [2.75, 3.05) is 19.8 Å². The topological polar surface area (TPSA) is 36.3 Å². The summed E-state index contributed by atoms with van der Waals surface area (Å²) < 4.78 is 5.52. The lowest BCUT2D eigenvalue weighted by molar-refractivity contribution is -0.0128. The van der Waals surface area contributed by atoms with Crippen LogP contribution in [-0.2, 0) is 11.3 Å². The molecule has 3 nitrogen and oxygen atoms in total. The Morgan fingerprint density at radius 3 is 3.00 bits per heavy atom. The summed E-state index contributed by atoms with van der Waals surface area (Å²) in [7, 11) is 0. The number of nitrogens with zero attached hydrogens (tertiary/aromatic N) is 2. The second-order valence-electron chi connectivity index (χ2n) is 4.86. The van der Waals surface area contributed by atoms with Crippen LogP contribution in [0, 0.1) is 18.3 Å². The second-order valence-corrected chi connectivity index (χ2v) is 4.86. The van der Waals surface area contributed by atoms with Crippen LogP contribution in [0.25, 0.3) is 0 Å². The molecule has 1 unspecified atom stereocenters. The molecule has 1 heterocycles. The summed E-state index contributed by atoms with van der Waals surface area (Å²) in [6.07, 6.45) is 1.12. The van der Waals surface area contributed by atoms with E-state index in [4.69, 9.17) is 10.00 Å². The molecule has 1 fully saturated rings. The lowest BCUT2D eigenvalue weighted by Gasteiger charge is -2.35. The number of hydrogen-bond donors (Lipinski definition) is 0. The van der Waals surface area contributed by atoms with Gasteiger partial charge in [-0.25, -0.2) is 0 Å². The molecule has 0 N–H and O–H groups in total. The standard InChI is InChI=1S/C15H20N2O/c1-3-15-11-18-7-6-17(15)10-14-5-4-13(9-16)8-12(14)2/h4-5,8,15H,3,6-7,10-11H2,1-2H3. The first kappa shape index (κ1) is 13.1. The molecule has 0 bridgehead atoms. The maximum atomic E-state index is 8.88. The van der Waals surface area contributed by atoms with Gasteiger partial charge in [-0.2, -0.15) is 5.26 Å². The van der Waals surface area contributed by atoms with Crippen LogP contribution in [0.2, 0.25) is 0 Å². The van der Waals surface area contributed by atoms with Gasteiger partial charge in [0.25, 0.3) is 0 Å². The molecule has 0 radical (unpaired) electrons. The zero-order valence-electron chi connectivity index (χ0n) is 11.1. The van der Waals surface area contributed by atoms with Crippen molar-refractivity contribution in [2.24, 2.45) is 0 Å². The molecule has 0 spiro atoms. The predicted molar refractivity (Wildman–Crippen MR) is 71.2 cm³/mol. The van der Waals surface area contributed by atoms with Gasteiger partial charge in [0, 0.05) is 19.1 Å². The second kappa shape index (κ2) is 5.99. The number of nitriles is 1. The minimum Gasteiger partial charge on any atom is -0.378 e. The summed E-state index contributed by atoms with van der Waals surface area (Å²) in [5.74, 6) is 0. The fourth-order valence-corrected chi connectivity index (χ4v) is 2.43. The van der Waals surface area contributed by atoms with Crippen molar-refractivity contribution in [2.45, 2.75) is 32.9 Å². The first-order valence-electron chi connectivity index (χ1n) is 6.56. The maximum absolute atomic E-state index is 8.88. The van der Waals surface area contributed by atoms with Gasteiger partial charge in [-0.1, -0.05) is 13.0 Å². The minimum absolute atomic E-state index is 0.522. The van der Waals surface area contributed by atoms with Crippen LogP contribution in [-0.4, -0.2) is 30.7 Å². The van der Waals surface area contributed by atoms with Crippen molar-refractivity contribution in [3.05, 3.63) is 34.9 Å². The first-order chi connectivity index (χ1) is 8.74. The molecule has 0 aromatic heterocycles. The van der Waals surface area contributed by atoms with E-state index < -0.39 is 0 Å². The molecule has 0 aliphatic carbocycles. The quantitative estimate of drug-likeness (QED) is 0.819. The van der Waals surface area contributed by atoms with Gasteiger partial charge in [0.2, 0.25) is 0 Å². The van der Waals surface area contributed by atoms with E-state index in [9.17, 15) is 0 Å². The lowest BCUT2D eigenvalue weighted by Crippen LogP contribution is -2.44. The van der Waals surface area contributed by atoms with Crippen LogP contribution in [0.3, 0.4) is 0 Å². The van der Waals surface area contributed by atoms with E-state index in [1.54, 1.807) is 0 Å². The van der Waals surface area contributed by atoms with Gasteiger partial charge in [0.05, 0.1) is 24.8 Å².